The number of fused-ring (bicyclic) bond motifs is 1. The highest BCUT2D eigenvalue weighted by atomic mass is 35.5. The number of nitrogens with zero attached hydrogens (tertiary/aromatic N) is 4. The van der Waals surface area contributed by atoms with E-state index in [4.69, 9.17) is 11.6 Å². The van der Waals surface area contributed by atoms with Gasteiger partial charge in [0.1, 0.15) is 0 Å². The van der Waals surface area contributed by atoms with E-state index < -0.39 is 5.91 Å². The summed E-state index contributed by atoms with van der Waals surface area (Å²) in [5.41, 5.74) is 3.13. The number of aromatic nitrogens is 4. The van der Waals surface area contributed by atoms with Crippen LogP contribution in [0.2, 0.25) is 5.02 Å². The highest BCUT2D eigenvalue weighted by molar-refractivity contribution is 6.31. The molecule has 112 valence electrons. The fraction of sp³-hybridized carbons (Fsp3) is 0.200. The van der Waals surface area contributed by atoms with Crippen molar-refractivity contribution < 1.29 is 4.79 Å². The molecule has 0 saturated heterocycles. The molecule has 0 unspecified atom stereocenters. The first-order valence-corrected chi connectivity index (χ1v) is 7.11. The third-order valence-electron chi connectivity index (χ3n) is 3.34. The zero-order valence-electron chi connectivity index (χ0n) is 12.4. The maximum Gasteiger partial charge on any atom is 0.295 e. The molecule has 0 atom stereocenters. The molecule has 0 fully saturated rings. The number of hydrogen-bond donors (Lipinski definition) is 1. The van der Waals surface area contributed by atoms with Gasteiger partial charge >= 0.3 is 0 Å². The van der Waals surface area contributed by atoms with Crippen LogP contribution in [0, 0.1) is 20.8 Å². The second-order valence-electron chi connectivity index (χ2n) is 5.05. The Morgan fingerprint density at radius 3 is 2.77 bits per heavy atom. The maximum atomic E-state index is 12.3. The van der Waals surface area contributed by atoms with E-state index in [0.29, 0.717) is 16.5 Å². The van der Waals surface area contributed by atoms with Crippen molar-refractivity contribution in [2.45, 2.75) is 20.8 Å². The monoisotopic (exact) mass is 315 g/mol. The minimum absolute atomic E-state index is 0.0700. The average molecular weight is 316 g/mol. The van der Waals surface area contributed by atoms with E-state index in [1.165, 1.54) is 0 Å². The Balaban J connectivity index is 1.95. The van der Waals surface area contributed by atoms with Crippen LogP contribution in [0.3, 0.4) is 0 Å². The molecule has 0 aliphatic rings. The lowest BCUT2D eigenvalue weighted by molar-refractivity contribution is 0.101. The van der Waals surface area contributed by atoms with Crippen LogP contribution in [-0.4, -0.2) is 25.5 Å². The molecule has 2 aromatic heterocycles. The topological polar surface area (TPSA) is 72.2 Å². The van der Waals surface area contributed by atoms with Crippen LogP contribution in [0.4, 0.5) is 5.69 Å². The van der Waals surface area contributed by atoms with Gasteiger partial charge < -0.3 is 5.32 Å². The van der Waals surface area contributed by atoms with Gasteiger partial charge in [0.2, 0.25) is 5.82 Å². The van der Waals surface area contributed by atoms with Gasteiger partial charge in [-0.2, -0.15) is 4.98 Å². The van der Waals surface area contributed by atoms with Crippen molar-refractivity contribution in [3.8, 4) is 0 Å². The van der Waals surface area contributed by atoms with Crippen molar-refractivity contribution in [1.82, 2.24) is 19.6 Å². The van der Waals surface area contributed by atoms with E-state index in [1.54, 1.807) is 22.7 Å². The van der Waals surface area contributed by atoms with E-state index in [2.05, 4.69) is 20.4 Å². The first kappa shape index (κ1) is 14.5. The molecule has 1 aromatic carbocycles. The number of aryl methyl sites for hydroxylation is 2. The molecule has 0 radical (unpaired) electrons. The van der Waals surface area contributed by atoms with Crippen LogP contribution in [0.15, 0.2) is 24.3 Å². The average Bonchev–Trinajstić information content (AvgIpc) is 2.88. The lowest BCUT2D eigenvalue weighted by Crippen LogP contribution is -2.14. The molecule has 3 aromatic rings. The molecule has 1 amide bonds. The summed E-state index contributed by atoms with van der Waals surface area (Å²) >= 11 is 6.05. The van der Waals surface area contributed by atoms with Crippen molar-refractivity contribution in [3.63, 3.8) is 0 Å². The molecule has 0 aliphatic carbocycles. The molecule has 1 N–H and O–H groups in total. The number of benzene rings is 1. The molecular formula is C15H14ClN5O. The number of nitrogens with one attached hydrogen (secondary N) is 1. The Hall–Kier alpha value is -2.47. The third kappa shape index (κ3) is 2.53. The molecule has 0 aliphatic heterocycles. The van der Waals surface area contributed by atoms with Gasteiger partial charge in [-0.15, -0.1) is 5.10 Å². The Morgan fingerprint density at radius 1 is 1.23 bits per heavy atom. The molecule has 3 rings (SSSR count). The van der Waals surface area contributed by atoms with Gasteiger partial charge in [-0.3, -0.25) is 4.79 Å². The van der Waals surface area contributed by atoms with E-state index >= 15 is 0 Å². The SMILES string of the molecule is Cc1cc(C)n2nc(C(=O)Nc3cccc(Cl)c3C)nc2n1. The minimum Gasteiger partial charge on any atom is -0.319 e. The fourth-order valence-electron chi connectivity index (χ4n) is 2.18. The lowest BCUT2D eigenvalue weighted by Gasteiger charge is -2.07. The summed E-state index contributed by atoms with van der Waals surface area (Å²) in [5.74, 6) is 0.0824. The van der Waals surface area contributed by atoms with E-state index in [0.717, 1.165) is 17.0 Å². The molecule has 7 heteroatoms. The van der Waals surface area contributed by atoms with Crippen LogP contribution in [0.25, 0.3) is 5.78 Å². The number of carbonyl (C=O) groups excluding carboxylic acids is 1. The Morgan fingerprint density at radius 2 is 2.00 bits per heavy atom. The van der Waals surface area contributed by atoms with Gasteiger partial charge in [0.05, 0.1) is 0 Å². The van der Waals surface area contributed by atoms with Gasteiger partial charge in [-0.1, -0.05) is 17.7 Å². The van der Waals surface area contributed by atoms with Crippen molar-refractivity contribution in [2.24, 2.45) is 0 Å². The van der Waals surface area contributed by atoms with Gasteiger partial charge in [0.25, 0.3) is 11.7 Å². The minimum atomic E-state index is -0.395. The number of carbonyl (C=O) groups is 1. The standard InChI is InChI=1S/C15H14ClN5O/c1-8-7-9(2)21-15(17-8)19-13(20-21)14(22)18-12-6-4-5-11(16)10(12)3/h4-7H,1-3H3,(H,18,22). The van der Waals surface area contributed by atoms with E-state index in [-0.39, 0.29) is 5.82 Å². The van der Waals surface area contributed by atoms with Crippen molar-refractivity contribution in [3.05, 3.63) is 52.1 Å². The van der Waals surface area contributed by atoms with Crippen molar-refractivity contribution in [2.75, 3.05) is 5.32 Å². The highest BCUT2D eigenvalue weighted by Crippen LogP contribution is 2.23. The van der Waals surface area contributed by atoms with Crippen molar-refractivity contribution >= 4 is 29.0 Å². The van der Waals surface area contributed by atoms with Crippen LogP contribution in [0.1, 0.15) is 27.6 Å². The number of amides is 1. The zero-order valence-corrected chi connectivity index (χ0v) is 13.1. The summed E-state index contributed by atoms with van der Waals surface area (Å²) in [7, 11) is 0. The fourth-order valence-corrected chi connectivity index (χ4v) is 2.36. The van der Waals surface area contributed by atoms with Crippen LogP contribution in [-0.2, 0) is 0 Å². The summed E-state index contributed by atoms with van der Waals surface area (Å²) < 4.78 is 1.55. The lowest BCUT2D eigenvalue weighted by atomic mass is 10.2. The zero-order chi connectivity index (χ0) is 15.9. The Bertz CT molecular complexity index is 887. The number of halogens is 1. The predicted octanol–water partition coefficient (Wildman–Crippen LogP) is 2.96. The van der Waals surface area contributed by atoms with Gasteiger partial charge in [0.15, 0.2) is 0 Å². The summed E-state index contributed by atoms with van der Waals surface area (Å²) in [6, 6.07) is 7.20. The largest absolute Gasteiger partial charge is 0.319 e. The quantitative estimate of drug-likeness (QED) is 0.789. The maximum absolute atomic E-state index is 12.3. The van der Waals surface area contributed by atoms with E-state index in [9.17, 15) is 4.79 Å². The van der Waals surface area contributed by atoms with Crippen molar-refractivity contribution in [1.29, 1.82) is 0 Å². The second kappa shape index (κ2) is 5.38. The first-order valence-electron chi connectivity index (χ1n) is 6.73. The highest BCUT2D eigenvalue weighted by Gasteiger charge is 2.16. The number of rotatable bonds is 2. The first-order chi connectivity index (χ1) is 10.5. The van der Waals surface area contributed by atoms with Gasteiger partial charge in [-0.05, 0) is 44.5 Å². The smallest absolute Gasteiger partial charge is 0.295 e. The molecule has 0 bridgehead atoms. The number of hydrogen-bond acceptors (Lipinski definition) is 4. The number of anilines is 1. The Kier molecular flexibility index (Phi) is 3.54. The van der Waals surface area contributed by atoms with Gasteiger partial charge in [0, 0.05) is 22.1 Å². The predicted molar refractivity (Wildman–Crippen MR) is 84.4 cm³/mol. The summed E-state index contributed by atoms with van der Waals surface area (Å²) in [6.07, 6.45) is 0. The molecule has 22 heavy (non-hydrogen) atoms. The third-order valence-corrected chi connectivity index (χ3v) is 3.75. The molecule has 2 heterocycles. The molecule has 6 nitrogen and oxygen atoms in total. The van der Waals surface area contributed by atoms with Crippen LogP contribution < -0.4 is 5.32 Å². The summed E-state index contributed by atoms with van der Waals surface area (Å²) in [6.45, 7) is 5.60. The second-order valence-corrected chi connectivity index (χ2v) is 5.46. The molecule has 0 saturated carbocycles. The summed E-state index contributed by atoms with van der Waals surface area (Å²) in [5, 5.41) is 7.56. The van der Waals surface area contributed by atoms with Crippen LogP contribution >= 0.6 is 11.6 Å². The van der Waals surface area contributed by atoms with Gasteiger partial charge in [-0.25, -0.2) is 9.50 Å². The summed E-state index contributed by atoms with van der Waals surface area (Å²) in [4.78, 5) is 20.8. The van der Waals surface area contributed by atoms with E-state index in [1.807, 2.05) is 26.8 Å². The molecule has 0 spiro atoms. The normalized spacial score (nSPS) is 10.9. The van der Waals surface area contributed by atoms with Crippen LogP contribution in [0.5, 0.6) is 0 Å². The molecular weight excluding hydrogens is 302 g/mol. The Labute approximate surface area is 132 Å².